The lowest BCUT2D eigenvalue weighted by molar-refractivity contribution is -0.143. The van der Waals surface area contributed by atoms with Crippen molar-refractivity contribution in [3.05, 3.63) is 83.9 Å². The fourth-order valence-electron chi connectivity index (χ4n) is 7.55. The van der Waals surface area contributed by atoms with E-state index in [0.717, 1.165) is 46.0 Å². The number of benzene rings is 3. The molecular formula is C45H57IN6O9. The number of carbonyl (C=O) groups excluding carboxylic acids is 7. The molecule has 328 valence electrons. The van der Waals surface area contributed by atoms with Crippen molar-refractivity contribution < 1.29 is 43.5 Å². The van der Waals surface area contributed by atoms with Crippen LogP contribution in [-0.2, 0) is 51.2 Å². The van der Waals surface area contributed by atoms with E-state index < -0.39 is 78.0 Å². The summed E-state index contributed by atoms with van der Waals surface area (Å²) in [5.41, 5.74) is 6.82. The Balaban J connectivity index is 1.52. The number of primary amides is 1. The van der Waals surface area contributed by atoms with Gasteiger partial charge in [-0.1, -0.05) is 119 Å². The predicted octanol–water partition coefficient (Wildman–Crippen LogP) is 4.07. The summed E-state index contributed by atoms with van der Waals surface area (Å²) in [5.74, 6) is -5.47. The van der Waals surface area contributed by atoms with E-state index in [0.29, 0.717) is 17.4 Å². The Morgan fingerprint density at radius 1 is 0.770 bits per heavy atom. The van der Waals surface area contributed by atoms with Gasteiger partial charge in [0, 0.05) is 19.3 Å². The Kier molecular flexibility index (Phi) is 19.1. The van der Waals surface area contributed by atoms with Crippen LogP contribution >= 0.6 is 22.9 Å². The summed E-state index contributed by atoms with van der Waals surface area (Å²) in [6.45, 7) is 3.67. The minimum atomic E-state index is -1.44. The van der Waals surface area contributed by atoms with Gasteiger partial charge in [-0.05, 0) is 53.0 Å². The molecule has 0 spiro atoms. The molecule has 0 aromatic heterocycles. The molecule has 6 amide bonds. The number of amides is 6. The van der Waals surface area contributed by atoms with Crippen molar-refractivity contribution in [2.45, 2.75) is 121 Å². The maximum Gasteiger partial charge on any atom is 0.326 e. The van der Waals surface area contributed by atoms with Crippen LogP contribution in [0.5, 0.6) is 0 Å². The Hall–Kier alpha value is -5.39. The number of rotatable bonds is 23. The number of carboxylic acids is 1. The first-order valence-corrected chi connectivity index (χ1v) is 21.8. The lowest BCUT2D eigenvalue weighted by Crippen LogP contribution is -2.58. The van der Waals surface area contributed by atoms with E-state index in [-0.39, 0.29) is 50.4 Å². The fourth-order valence-corrected chi connectivity index (χ4v) is 8.37. The van der Waals surface area contributed by atoms with Gasteiger partial charge in [0.15, 0.2) is 0 Å². The van der Waals surface area contributed by atoms with Crippen molar-refractivity contribution in [1.82, 2.24) is 24.4 Å². The lowest BCUT2D eigenvalue weighted by Gasteiger charge is -2.32. The zero-order chi connectivity index (χ0) is 44.5. The first-order valence-electron chi connectivity index (χ1n) is 20.8. The molecule has 1 aliphatic rings. The first kappa shape index (κ1) is 48.3. The van der Waals surface area contributed by atoms with Crippen LogP contribution in [-0.4, -0.2) is 86.1 Å². The molecule has 0 aliphatic heterocycles. The standard InChI is InChI=1S/C45H57IN6O9/c1-28(2)23-38(43(58)51-37(45(60)61)26-30-13-7-4-8-14-30)52(46)44(59)35(21-22-53)49-42(57)36(25-29-11-5-3-6-12-29)50-41(56)34(19-20-39(47)54)48-40(55)27-31-17-18-32-15-9-10-16-33(32)24-31/h4,7-10,13-18,22,24,28-29,34-38H,3,5-6,11-12,19-21,23,25-27H2,1-2H3,(H2,47,54)(H,48,55)(H,49,57)(H,50,56)(H,51,58)(H,60,61)/t34-,35-,36-,37+,38-/m0/s1. The summed E-state index contributed by atoms with van der Waals surface area (Å²) >= 11 is 1.66. The van der Waals surface area contributed by atoms with Gasteiger partial charge >= 0.3 is 5.97 Å². The molecule has 1 aliphatic carbocycles. The van der Waals surface area contributed by atoms with Crippen molar-refractivity contribution in [2.24, 2.45) is 17.6 Å². The van der Waals surface area contributed by atoms with Crippen LogP contribution < -0.4 is 27.0 Å². The van der Waals surface area contributed by atoms with Crippen molar-refractivity contribution in [3.8, 4) is 0 Å². The number of aldehydes is 1. The number of fused-ring (bicyclic) bond motifs is 1. The van der Waals surface area contributed by atoms with Crippen LogP contribution in [0.3, 0.4) is 0 Å². The zero-order valence-corrected chi connectivity index (χ0v) is 36.8. The highest BCUT2D eigenvalue weighted by molar-refractivity contribution is 14.1. The number of carbonyl (C=O) groups is 8. The molecule has 0 radical (unpaired) electrons. The number of hydrogen-bond acceptors (Lipinski definition) is 8. The highest BCUT2D eigenvalue weighted by Gasteiger charge is 2.37. The fraction of sp³-hybridized carbons (Fsp3) is 0.467. The molecule has 0 bridgehead atoms. The van der Waals surface area contributed by atoms with Crippen LogP contribution in [0, 0.1) is 11.8 Å². The van der Waals surface area contributed by atoms with Gasteiger partial charge in [0.25, 0.3) is 5.91 Å². The van der Waals surface area contributed by atoms with E-state index in [1.54, 1.807) is 53.2 Å². The second kappa shape index (κ2) is 24.2. The predicted molar refractivity (Wildman–Crippen MR) is 238 cm³/mol. The Morgan fingerprint density at radius 2 is 1.39 bits per heavy atom. The van der Waals surface area contributed by atoms with Crippen LogP contribution in [0.2, 0.25) is 0 Å². The summed E-state index contributed by atoms with van der Waals surface area (Å²) in [5, 5.41) is 22.6. The number of nitrogens with two attached hydrogens (primary N) is 1. The number of carboxylic acid groups (broad SMARTS) is 1. The van der Waals surface area contributed by atoms with Gasteiger partial charge in [0.05, 0.1) is 29.3 Å². The first-order chi connectivity index (χ1) is 29.1. The van der Waals surface area contributed by atoms with Crippen molar-refractivity contribution in [3.63, 3.8) is 0 Å². The van der Waals surface area contributed by atoms with Crippen molar-refractivity contribution in [2.75, 3.05) is 0 Å². The number of nitrogens with one attached hydrogen (secondary N) is 4. The molecule has 3 aromatic carbocycles. The second-order valence-corrected chi connectivity index (χ2v) is 17.2. The second-order valence-electron chi connectivity index (χ2n) is 16.1. The van der Waals surface area contributed by atoms with Crippen LogP contribution in [0.1, 0.15) is 89.2 Å². The molecule has 15 nitrogen and oxygen atoms in total. The van der Waals surface area contributed by atoms with Gasteiger partial charge in [-0.15, -0.1) is 0 Å². The van der Waals surface area contributed by atoms with E-state index in [1.165, 1.54) is 0 Å². The van der Waals surface area contributed by atoms with E-state index in [9.17, 15) is 43.5 Å². The summed E-state index contributed by atoms with van der Waals surface area (Å²) in [4.78, 5) is 105. The van der Waals surface area contributed by atoms with Crippen molar-refractivity contribution >= 4 is 81.3 Å². The van der Waals surface area contributed by atoms with Crippen LogP contribution in [0.25, 0.3) is 10.8 Å². The molecule has 4 rings (SSSR count). The number of aliphatic carboxylic acids is 1. The average molecular weight is 953 g/mol. The van der Waals surface area contributed by atoms with E-state index >= 15 is 0 Å². The third kappa shape index (κ3) is 15.5. The quantitative estimate of drug-likeness (QED) is 0.0456. The van der Waals surface area contributed by atoms with Crippen LogP contribution in [0.15, 0.2) is 72.8 Å². The van der Waals surface area contributed by atoms with E-state index in [2.05, 4.69) is 21.3 Å². The maximum atomic E-state index is 14.2. The smallest absolute Gasteiger partial charge is 0.326 e. The Bertz CT molecular complexity index is 2010. The molecule has 0 unspecified atom stereocenters. The van der Waals surface area contributed by atoms with Gasteiger partial charge in [0.1, 0.15) is 36.5 Å². The topological polar surface area (TPSA) is 234 Å². The van der Waals surface area contributed by atoms with Gasteiger partial charge in [-0.2, -0.15) is 0 Å². The molecule has 1 saturated carbocycles. The highest BCUT2D eigenvalue weighted by atomic mass is 127. The summed E-state index contributed by atoms with van der Waals surface area (Å²) < 4.78 is 1.09. The molecule has 3 aromatic rings. The summed E-state index contributed by atoms with van der Waals surface area (Å²) in [6.07, 6.45) is 4.45. The largest absolute Gasteiger partial charge is 0.480 e. The molecular weight excluding hydrogens is 895 g/mol. The number of nitrogens with zero attached hydrogens (tertiary/aromatic N) is 1. The maximum absolute atomic E-state index is 14.2. The molecule has 5 atom stereocenters. The molecule has 1 fully saturated rings. The minimum Gasteiger partial charge on any atom is -0.480 e. The van der Waals surface area contributed by atoms with Crippen LogP contribution in [0.4, 0.5) is 0 Å². The zero-order valence-electron chi connectivity index (χ0n) is 34.6. The third-order valence-corrected chi connectivity index (χ3v) is 11.9. The molecule has 61 heavy (non-hydrogen) atoms. The monoisotopic (exact) mass is 952 g/mol. The van der Waals surface area contributed by atoms with E-state index in [1.807, 2.05) is 56.3 Å². The SMILES string of the molecule is CC(C)C[C@@H](C(=O)N[C@H](Cc1ccccc1)C(=O)O)N(I)C(=O)[C@H](CC=O)NC(=O)[C@H](CC1CCCCC1)NC(=O)[C@H](CCC(N)=O)NC(=O)Cc1ccc2ccccc2c1. The Morgan fingerprint density at radius 3 is 2.03 bits per heavy atom. The van der Waals surface area contributed by atoms with Gasteiger partial charge < -0.3 is 36.9 Å². The van der Waals surface area contributed by atoms with Gasteiger partial charge in [-0.25, -0.2) is 4.79 Å². The molecule has 16 heteroatoms. The minimum absolute atomic E-state index is 0.000941. The van der Waals surface area contributed by atoms with Gasteiger partial charge in [0.2, 0.25) is 29.5 Å². The third-order valence-electron chi connectivity index (χ3n) is 10.8. The number of halogens is 1. The molecule has 0 saturated heterocycles. The van der Waals surface area contributed by atoms with Gasteiger partial charge in [-0.3, -0.25) is 31.9 Å². The Labute approximate surface area is 370 Å². The molecule has 7 N–H and O–H groups in total. The summed E-state index contributed by atoms with van der Waals surface area (Å²) in [6, 6.07) is 15.7. The molecule has 0 heterocycles. The average Bonchev–Trinajstić information content (AvgIpc) is 3.23. The number of hydrogen-bond donors (Lipinski definition) is 6. The normalized spacial score (nSPS) is 15.3. The highest BCUT2D eigenvalue weighted by Crippen LogP contribution is 2.28. The summed E-state index contributed by atoms with van der Waals surface area (Å²) in [7, 11) is 0. The van der Waals surface area contributed by atoms with Crippen molar-refractivity contribution in [1.29, 1.82) is 0 Å². The van der Waals surface area contributed by atoms with E-state index in [4.69, 9.17) is 5.73 Å². The lowest BCUT2D eigenvalue weighted by atomic mass is 9.84.